The molecule has 1 fully saturated rings. The van der Waals surface area contributed by atoms with Gasteiger partial charge in [0, 0.05) is 32.4 Å². The van der Waals surface area contributed by atoms with Crippen LogP contribution >= 0.6 is 0 Å². The molecule has 7 nitrogen and oxygen atoms in total. The molecule has 0 N–H and O–H groups in total. The van der Waals surface area contributed by atoms with Gasteiger partial charge in [0.2, 0.25) is 5.95 Å². The number of hydrogen-bond acceptors (Lipinski definition) is 7. The van der Waals surface area contributed by atoms with Crippen molar-refractivity contribution in [2.24, 2.45) is 0 Å². The Labute approximate surface area is 124 Å². The molecule has 1 saturated heterocycles. The lowest BCUT2D eigenvalue weighted by Gasteiger charge is -2.33. The molecule has 0 bridgehead atoms. The Hall–Kier alpha value is -2.20. The third-order valence-corrected chi connectivity index (χ3v) is 3.41. The van der Waals surface area contributed by atoms with Crippen LogP contribution in [0, 0.1) is 18.3 Å². The zero-order valence-corrected chi connectivity index (χ0v) is 12.4. The fourth-order valence-electron chi connectivity index (χ4n) is 2.22. The molecule has 1 aromatic heterocycles. The van der Waals surface area contributed by atoms with Crippen LogP contribution in [0.15, 0.2) is 6.20 Å². The SMILES string of the molecule is CCOC(=O)c1cnc(N2CCN(CC#N)CC2)nc1C. The molecule has 2 heterocycles. The van der Waals surface area contributed by atoms with Gasteiger partial charge in [-0.2, -0.15) is 5.26 Å². The van der Waals surface area contributed by atoms with Crippen molar-refractivity contribution < 1.29 is 9.53 Å². The van der Waals surface area contributed by atoms with E-state index in [4.69, 9.17) is 10.00 Å². The molecule has 1 aliphatic rings. The number of esters is 1. The van der Waals surface area contributed by atoms with Crippen LogP contribution in [0.25, 0.3) is 0 Å². The molecule has 2 rings (SSSR count). The zero-order chi connectivity index (χ0) is 15.2. The number of aryl methyl sites for hydroxylation is 1. The Balaban J connectivity index is 2.04. The molecule has 7 heteroatoms. The van der Waals surface area contributed by atoms with Crippen LogP contribution in [0.4, 0.5) is 5.95 Å². The number of aromatic nitrogens is 2. The van der Waals surface area contributed by atoms with Crippen molar-refractivity contribution in [2.75, 3.05) is 44.2 Å². The highest BCUT2D eigenvalue weighted by molar-refractivity contribution is 5.90. The quantitative estimate of drug-likeness (QED) is 0.593. The van der Waals surface area contributed by atoms with Crippen molar-refractivity contribution >= 4 is 11.9 Å². The summed E-state index contributed by atoms with van der Waals surface area (Å²) in [6, 6.07) is 2.16. The van der Waals surface area contributed by atoms with Gasteiger partial charge in [-0.3, -0.25) is 4.90 Å². The number of nitriles is 1. The maximum absolute atomic E-state index is 11.7. The fraction of sp³-hybridized carbons (Fsp3) is 0.571. The highest BCUT2D eigenvalue weighted by atomic mass is 16.5. The maximum Gasteiger partial charge on any atom is 0.341 e. The number of anilines is 1. The lowest BCUT2D eigenvalue weighted by atomic mass is 10.2. The maximum atomic E-state index is 11.7. The van der Waals surface area contributed by atoms with Crippen molar-refractivity contribution in [2.45, 2.75) is 13.8 Å². The highest BCUT2D eigenvalue weighted by Crippen LogP contribution is 2.14. The van der Waals surface area contributed by atoms with Gasteiger partial charge in [0.1, 0.15) is 0 Å². The van der Waals surface area contributed by atoms with Crippen LogP contribution < -0.4 is 4.90 Å². The van der Waals surface area contributed by atoms with E-state index in [2.05, 4.69) is 25.8 Å². The van der Waals surface area contributed by atoms with Crippen LogP contribution in [0.3, 0.4) is 0 Å². The zero-order valence-electron chi connectivity index (χ0n) is 12.4. The average Bonchev–Trinajstić information content (AvgIpc) is 2.48. The van der Waals surface area contributed by atoms with Crippen LogP contribution in [0.5, 0.6) is 0 Å². The Morgan fingerprint density at radius 1 is 1.43 bits per heavy atom. The number of piperazine rings is 1. The summed E-state index contributed by atoms with van der Waals surface area (Å²) in [6.07, 6.45) is 1.53. The van der Waals surface area contributed by atoms with Gasteiger partial charge < -0.3 is 9.64 Å². The second-order valence-electron chi connectivity index (χ2n) is 4.81. The summed E-state index contributed by atoms with van der Waals surface area (Å²) in [5, 5.41) is 8.69. The normalized spacial score (nSPS) is 15.6. The number of hydrogen-bond donors (Lipinski definition) is 0. The van der Waals surface area contributed by atoms with Gasteiger partial charge in [0.15, 0.2) is 0 Å². The Morgan fingerprint density at radius 2 is 2.14 bits per heavy atom. The van der Waals surface area contributed by atoms with Crippen LogP contribution in [-0.2, 0) is 4.74 Å². The number of ether oxygens (including phenoxy) is 1. The first kappa shape index (κ1) is 15.2. The molecule has 0 unspecified atom stereocenters. The molecule has 0 atom stereocenters. The summed E-state index contributed by atoms with van der Waals surface area (Å²) in [4.78, 5) is 24.5. The minimum absolute atomic E-state index is 0.334. The monoisotopic (exact) mass is 289 g/mol. The predicted molar refractivity (Wildman–Crippen MR) is 77.0 cm³/mol. The largest absolute Gasteiger partial charge is 0.462 e. The number of carbonyl (C=O) groups is 1. The Bertz CT molecular complexity index is 547. The topological polar surface area (TPSA) is 82.4 Å². The summed E-state index contributed by atoms with van der Waals surface area (Å²) in [6.45, 7) is 7.52. The molecular formula is C14H19N5O2. The molecule has 21 heavy (non-hydrogen) atoms. The molecule has 0 aromatic carbocycles. The van der Waals surface area contributed by atoms with Gasteiger partial charge in [-0.15, -0.1) is 0 Å². The first-order valence-corrected chi connectivity index (χ1v) is 7.00. The minimum atomic E-state index is -0.389. The number of nitrogens with zero attached hydrogens (tertiary/aromatic N) is 5. The number of rotatable bonds is 4. The molecule has 0 aliphatic carbocycles. The van der Waals surface area contributed by atoms with Crippen LogP contribution in [0.2, 0.25) is 0 Å². The molecule has 0 amide bonds. The first-order valence-electron chi connectivity index (χ1n) is 7.00. The molecule has 0 saturated carbocycles. The first-order chi connectivity index (χ1) is 10.2. The van der Waals surface area contributed by atoms with Gasteiger partial charge in [-0.05, 0) is 13.8 Å². The van der Waals surface area contributed by atoms with Gasteiger partial charge in [0.25, 0.3) is 0 Å². The molecular weight excluding hydrogens is 270 g/mol. The van der Waals surface area contributed by atoms with Gasteiger partial charge >= 0.3 is 5.97 Å². The summed E-state index contributed by atoms with van der Waals surface area (Å²) in [5.74, 6) is 0.234. The van der Waals surface area contributed by atoms with Crippen molar-refractivity contribution in [3.8, 4) is 6.07 Å². The number of carbonyl (C=O) groups excluding carboxylic acids is 1. The van der Waals surface area contributed by atoms with E-state index in [1.54, 1.807) is 13.8 Å². The lowest BCUT2D eigenvalue weighted by Crippen LogP contribution is -2.47. The van der Waals surface area contributed by atoms with E-state index < -0.39 is 0 Å². The van der Waals surface area contributed by atoms with Gasteiger partial charge in [0.05, 0.1) is 30.5 Å². The smallest absolute Gasteiger partial charge is 0.341 e. The van der Waals surface area contributed by atoms with E-state index in [0.29, 0.717) is 30.4 Å². The van der Waals surface area contributed by atoms with E-state index in [1.807, 2.05) is 0 Å². The predicted octanol–water partition coefficient (Wildman–Crippen LogP) is 0.607. The van der Waals surface area contributed by atoms with Gasteiger partial charge in [-0.25, -0.2) is 14.8 Å². The minimum Gasteiger partial charge on any atom is -0.462 e. The molecule has 1 aliphatic heterocycles. The summed E-state index contributed by atoms with van der Waals surface area (Å²) in [5.41, 5.74) is 1.03. The standard InChI is InChI=1S/C14H19N5O2/c1-3-21-13(20)12-10-16-14(17-11(12)2)19-8-6-18(5-4-15)7-9-19/h10H,3,5-9H2,1-2H3. The summed E-state index contributed by atoms with van der Waals surface area (Å²) >= 11 is 0. The molecule has 1 aromatic rings. The van der Waals surface area contributed by atoms with E-state index in [0.717, 1.165) is 26.2 Å². The van der Waals surface area contributed by atoms with E-state index in [-0.39, 0.29) is 5.97 Å². The molecule has 0 radical (unpaired) electrons. The average molecular weight is 289 g/mol. The van der Waals surface area contributed by atoms with Crippen LogP contribution in [-0.4, -0.2) is 60.2 Å². The molecule has 0 spiro atoms. The summed E-state index contributed by atoms with van der Waals surface area (Å²) < 4.78 is 4.97. The van der Waals surface area contributed by atoms with E-state index >= 15 is 0 Å². The van der Waals surface area contributed by atoms with Crippen molar-refractivity contribution in [1.29, 1.82) is 5.26 Å². The third-order valence-electron chi connectivity index (χ3n) is 3.41. The highest BCUT2D eigenvalue weighted by Gasteiger charge is 2.20. The van der Waals surface area contributed by atoms with Crippen molar-refractivity contribution in [3.63, 3.8) is 0 Å². The lowest BCUT2D eigenvalue weighted by molar-refractivity contribution is 0.0524. The van der Waals surface area contributed by atoms with Crippen molar-refractivity contribution in [3.05, 3.63) is 17.5 Å². The van der Waals surface area contributed by atoms with Crippen molar-refractivity contribution in [1.82, 2.24) is 14.9 Å². The second kappa shape index (κ2) is 6.99. The Kier molecular flexibility index (Phi) is 5.06. The summed E-state index contributed by atoms with van der Waals surface area (Å²) in [7, 11) is 0. The molecule has 112 valence electrons. The van der Waals surface area contributed by atoms with Gasteiger partial charge in [-0.1, -0.05) is 0 Å². The fourth-order valence-corrected chi connectivity index (χ4v) is 2.22. The second-order valence-corrected chi connectivity index (χ2v) is 4.81. The third kappa shape index (κ3) is 3.67. The Morgan fingerprint density at radius 3 is 2.71 bits per heavy atom. The van der Waals surface area contributed by atoms with E-state index in [9.17, 15) is 4.79 Å². The van der Waals surface area contributed by atoms with E-state index in [1.165, 1.54) is 6.20 Å². The van der Waals surface area contributed by atoms with Crippen LogP contribution in [0.1, 0.15) is 23.0 Å².